The first kappa shape index (κ1) is 17.2. The van der Waals surface area contributed by atoms with Crippen LogP contribution in [-0.4, -0.2) is 42.1 Å². The van der Waals surface area contributed by atoms with Crippen LogP contribution in [0.1, 0.15) is 38.2 Å². The zero-order valence-electron chi connectivity index (χ0n) is 15.4. The Hall–Kier alpha value is -2.18. The van der Waals surface area contributed by atoms with Gasteiger partial charge in [-0.15, -0.1) is 0 Å². The predicted molar refractivity (Wildman–Crippen MR) is 102 cm³/mol. The Kier molecular flexibility index (Phi) is 4.78. The molecule has 138 valence electrons. The van der Waals surface area contributed by atoms with E-state index < -0.39 is 0 Å². The van der Waals surface area contributed by atoms with Crippen molar-refractivity contribution >= 4 is 17.5 Å². The van der Waals surface area contributed by atoms with Crippen LogP contribution in [0.4, 0.5) is 17.5 Å². The molecule has 3 heterocycles. The van der Waals surface area contributed by atoms with Gasteiger partial charge in [0.1, 0.15) is 5.82 Å². The number of ether oxygens (including phenoxy) is 2. The third-order valence-corrected chi connectivity index (χ3v) is 5.14. The minimum Gasteiger partial charge on any atom is -0.356 e. The average molecular weight is 354 g/mol. The molecular weight excluding hydrogens is 328 g/mol. The zero-order valence-corrected chi connectivity index (χ0v) is 15.4. The second-order valence-corrected chi connectivity index (χ2v) is 7.23. The number of nitrogens with zero attached hydrogens (tertiary/aromatic N) is 3. The van der Waals surface area contributed by atoms with E-state index in [1.165, 1.54) is 5.56 Å². The van der Waals surface area contributed by atoms with Gasteiger partial charge in [-0.05, 0) is 29.7 Å². The van der Waals surface area contributed by atoms with Crippen LogP contribution in [0.15, 0.2) is 36.5 Å². The van der Waals surface area contributed by atoms with Gasteiger partial charge in [-0.1, -0.05) is 26.0 Å². The smallest absolute Gasteiger partial charge is 0.229 e. The van der Waals surface area contributed by atoms with Crippen LogP contribution in [0.3, 0.4) is 0 Å². The lowest BCUT2D eigenvalue weighted by Crippen LogP contribution is -2.45. The lowest BCUT2D eigenvalue weighted by atomic mass is 10.0. The number of hydrogen-bond acceptors (Lipinski definition) is 6. The SMILES string of the molecule is CC(C)c1ccc(Nc2nccc(N3CCC4(CC3)OCCO4)n2)cc1. The molecule has 2 aliphatic rings. The fraction of sp³-hybridized carbons (Fsp3) is 0.500. The van der Waals surface area contributed by atoms with Gasteiger partial charge in [0, 0.05) is 37.8 Å². The topological polar surface area (TPSA) is 59.5 Å². The molecule has 1 spiro atoms. The molecule has 6 nitrogen and oxygen atoms in total. The van der Waals surface area contributed by atoms with Gasteiger partial charge in [0.15, 0.2) is 5.79 Å². The van der Waals surface area contributed by atoms with Gasteiger partial charge >= 0.3 is 0 Å². The second-order valence-electron chi connectivity index (χ2n) is 7.23. The molecule has 2 fully saturated rings. The van der Waals surface area contributed by atoms with Gasteiger partial charge in [-0.2, -0.15) is 4.98 Å². The van der Waals surface area contributed by atoms with Gasteiger partial charge in [0.2, 0.25) is 5.95 Å². The minimum atomic E-state index is -0.358. The van der Waals surface area contributed by atoms with Crippen molar-refractivity contribution in [1.29, 1.82) is 0 Å². The molecule has 1 aromatic carbocycles. The van der Waals surface area contributed by atoms with E-state index in [0.717, 1.165) is 37.4 Å². The molecule has 26 heavy (non-hydrogen) atoms. The molecule has 2 saturated heterocycles. The largest absolute Gasteiger partial charge is 0.356 e. The van der Waals surface area contributed by atoms with Gasteiger partial charge in [0.05, 0.1) is 13.2 Å². The molecule has 2 aromatic rings. The molecule has 0 atom stereocenters. The number of aromatic nitrogens is 2. The second kappa shape index (κ2) is 7.21. The number of anilines is 3. The van der Waals surface area contributed by atoms with Crippen molar-refractivity contribution < 1.29 is 9.47 Å². The van der Waals surface area contributed by atoms with Gasteiger partial charge in [-0.25, -0.2) is 4.98 Å². The number of hydrogen-bond donors (Lipinski definition) is 1. The standard InChI is InChI=1S/C20H26N4O2/c1-15(2)16-3-5-17(6-4-16)22-19-21-10-7-18(23-19)24-11-8-20(9-12-24)25-13-14-26-20/h3-7,10,15H,8-9,11-14H2,1-2H3,(H,21,22,23). The van der Waals surface area contributed by atoms with Gasteiger partial charge < -0.3 is 19.7 Å². The number of rotatable bonds is 4. The summed E-state index contributed by atoms with van der Waals surface area (Å²) < 4.78 is 11.6. The van der Waals surface area contributed by atoms with Crippen molar-refractivity contribution in [2.24, 2.45) is 0 Å². The minimum absolute atomic E-state index is 0.358. The maximum absolute atomic E-state index is 5.80. The molecule has 1 aromatic heterocycles. The summed E-state index contributed by atoms with van der Waals surface area (Å²) in [5.74, 6) is 1.73. The van der Waals surface area contributed by atoms with E-state index in [4.69, 9.17) is 9.47 Å². The van der Waals surface area contributed by atoms with E-state index in [2.05, 4.69) is 58.3 Å². The highest BCUT2D eigenvalue weighted by Gasteiger charge is 2.40. The molecule has 0 aliphatic carbocycles. The highest BCUT2D eigenvalue weighted by atomic mass is 16.7. The van der Waals surface area contributed by atoms with Crippen molar-refractivity contribution in [3.05, 3.63) is 42.1 Å². The van der Waals surface area contributed by atoms with Crippen LogP contribution in [0.2, 0.25) is 0 Å². The summed E-state index contributed by atoms with van der Waals surface area (Å²) in [6, 6.07) is 10.4. The highest BCUT2D eigenvalue weighted by molar-refractivity contribution is 5.55. The van der Waals surface area contributed by atoms with Crippen LogP contribution in [0.5, 0.6) is 0 Å². The first-order chi connectivity index (χ1) is 12.6. The summed E-state index contributed by atoms with van der Waals surface area (Å²) in [5.41, 5.74) is 2.32. The molecule has 0 amide bonds. The van der Waals surface area contributed by atoms with Crippen molar-refractivity contribution in [1.82, 2.24) is 9.97 Å². The molecule has 2 aliphatic heterocycles. The monoisotopic (exact) mass is 354 g/mol. The fourth-order valence-corrected chi connectivity index (χ4v) is 3.53. The first-order valence-electron chi connectivity index (χ1n) is 9.36. The van der Waals surface area contributed by atoms with E-state index in [1.54, 1.807) is 6.20 Å². The van der Waals surface area contributed by atoms with E-state index >= 15 is 0 Å². The molecule has 1 N–H and O–H groups in total. The summed E-state index contributed by atoms with van der Waals surface area (Å²) in [5, 5.41) is 3.30. The van der Waals surface area contributed by atoms with E-state index in [-0.39, 0.29) is 5.79 Å². The Balaban J connectivity index is 1.42. The molecule has 4 rings (SSSR count). The molecule has 0 bridgehead atoms. The fourth-order valence-electron chi connectivity index (χ4n) is 3.53. The Morgan fingerprint density at radius 2 is 1.73 bits per heavy atom. The summed E-state index contributed by atoms with van der Waals surface area (Å²) in [6.07, 6.45) is 3.55. The van der Waals surface area contributed by atoms with Crippen molar-refractivity contribution in [3.63, 3.8) is 0 Å². The highest BCUT2D eigenvalue weighted by Crippen LogP contribution is 2.32. The van der Waals surface area contributed by atoms with Gasteiger partial charge in [-0.3, -0.25) is 0 Å². The van der Waals surface area contributed by atoms with Crippen LogP contribution in [0.25, 0.3) is 0 Å². The maximum atomic E-state index is 5.80. The number of benzene rings is 1. The lowest BCUT2D eigenvalue weighted by Gasteiger charge is -2.38. The summed E-state index contributed by atoms with van der Waals surface area (Å²) in [4.78, 5) is 11.3. The van der Waals surface area contributed by atoms with E-state index in [9.17, 15) is 0 Å². The molecule has 0 unspecified atom stereocenters. The Morgan fingerprint density at radius 3 is 2.38 bits per heavy atom. The Labute approximate surface area is 154 Å². The van der Waals surface area contributed by atoms with Crippen molar-refractivity contribution in [3.8, 4) is 0 Å². The molecular formula is C20H26N4O2. The van der Waals surface area contributed by atoms with Crippen molar-refractivity contribution in [2.75, 3.05) is 36.5 Å². The molecule has 0 radical (unpaired) electrons. The third kappa shape index (κ3) is 3.66. The predicted octanol–water partition coefficient (Wildman–Crippen LogP) is 3.69. The number of piperidine rings is 1. The van der Waals surface area contributed by atoms with Crippen LogP contribution in [-0.2, 0) is 9.47 Å². The summed E-state index contributed by atoms with van der Waals surface area (Å²) in [7, 11) is 0. The quantitative estimate of drug-likeness (QED) is 0.904. The number of nitrogens with one attached hydrogen (secondary N) is 1. The lowest BCUT2D eigenvalue weighted by molar-refractivity contribution is -0.169. The average Bonchev–Trinajstić information content (AvgIpc) is 3.11. The van der Waals surface area contributed by atoms with Crippen LogP contribution >= 0.6 is 0 Å². The van der Waals surface area contributed by atoms with Gasteiger partial charge in [0.25, 0.3) is 0 Å². The van der Waals surface area contributed by atoms with E-state index in [0.29, 0.717) is 25.1 Å². The van der Waals surface area contributed by atoms with Crippen LogP contribution in [0, 0.1) is 0 Å². The summed E-state index contributed by atoms with van der Waals surface area (Å²) >= 11 is 0. The maximum Gasteiger partial charge on any atom is 0.229 e. The van der Waals surface area contributed by atoms with Crippen molar-refractivity contribution in [2.45, 2.75) is 38.4 Å². The Bertz CT molecular complexity index is 732. The molecule has 0 saturated carbocycles. The Morgan fingerprint density at radius 1 is 1.04 bits per heavy atom. The summed E-state index contributed by atoms with van der Waals surface area (Å²) in [6.45, 7) is 7.55. The van der Waals surface area contributed by atoms with E-state index in [1.807, 2.05) is 6.07 Å². The first-order valence-corrected chi connectivity index (χ1v) is 9.36. The normalized spacial score (nSPS) is 19.3. The molecule has 6 heteroatoms. The third-order valence-electron chi connectivity index (χ3n) is 5.14. The zero-order chi connectivity index (χ0) is 18.0. The van der Waals surface area contributed by atoms with Crippen LogP contribution < -0.4 is 10.2 Å².